The van der Waals surface area contributed by atoms with Gasteiger partial charge in [-0.3, -0.25) is 10.1 Å². The minimum atomic E-state index is -1.36. The van der Waals surface area contributed by atoms with E-state index in [4.69, 9.17) is 0 Å². The van der Waals surface area contributed by atoms with Crippen molar-refractivity contribution in [2.75, 3.05) is 7.11 Å². The normalized spacial score (nSPS) is 18.0. The predicted molar refractivity (Wildman–Crippen MR) is 77.2 cm³/mol. The van der Waals surface area contributed by atoms with Gasteiger partial charge in [0.25, 0.3) is 5.91 Å². The Hall–Kier alpha value is -2.62. The Bertz CT molecular complexity index is 762. The van der Waals surface area contributed by atoms with Crippen LogP contribution in [0.5, 0.6) is 0 Å². The van der Waals surface area contributed by atoms with E-state index >= 15 is 0 Å². The molecule has 1 aromatic carbocycles. The lowest BCUT2D eigenvalue weighted by Crippen LogP contribution is -2.19. The Morgan fingerprint density at radius 2 is 2.09 bits per heavy atom. The zero-order chi connectivity index (χ0) is 17.0. The Kier molecular flexibility index (Phi) is 5.16. The van der Waals surface area contributed by atoms with Crippen LogP contribution in [0.25, 0.3) is 0 Å². The number of carbonyl (C=O) groups is 2. The molecule has 0 bridgehead atoms. The van der Waals surface area contributed by atoms with Gasteiger partial charge < -0.3 is 4.74 Å². The van der Waals surface area contributed by atoms with Crippen molar-refractivity contribution in [1.82, 2.24) is 5.32 Å². The van der Waals surface area contributed by atoms with E-state index in [2.05, 4.69) is 20.3 Å². The number of esters is 1. The van der Waals surface area contributed by atoms with Gasteiger partial charge in [-0.05, 0) is 17.8 Å². The third kappa shape index (κ3) is 4.19. The van der Waals surface area contributed by atoms with Gasteiger partial charge >= 0.3 is 5.97 Å². The highest BCUT2D eigenvalue weighted by molar-refractivity contribution is 8.18. The Balaban J connectivity index is 2.14. The molecule has 10 heteroatoms. The number of hydrogen-bond donors (Lipinski definition) is 1. The van der Waals surface area contributed by atoms with Crippen molar-refractivity contribution < 1.29 is 27.5 Å². The lowest BCUT2D eigenvalue weighted by Gasteiger charge is -1.97. The van der Waals surface area contributed by atoms with E-state index in [1.54, 1.807) is 0 Å². The fourth-order valence-electron chi connectivity index (χ4n) is 1.45. The molecule has 0 unspecified atom stereocenters. The minimum absolute atomic E-state index is 0.0127. The van der Waals surface area contributed by atoms with E-state index in [1.807, 2.05) is 0 Å². The number of methoxy groups -OCH3 is 1. The van der Waals surface area contributed by atoms with Gasteiger partial charge in [0.05, 0.1) is 18.2 Å². The molecule has 0 spiro atoms. The molecule has 0 radical (unpaired) electrons. The second kappa shape index (κ2) is 7.09. The van der Waals surface area contributed by atoms with Crippen LogP contribution in [0.15, 0.2) is 33.3 Å². The van der Waals surface area contributed by atoms with Crippen LogP contribution in [0.3, 0.4) is 0 Å². The van der Waals surface area contributed by atoms with Gasteiger partial charge in [0.2, 0.25) is 0 Å². The molecular weight excluding hydrogens is 335 g/mol. The number of nitrogens with zero attached hydrogens (tertiary/aromatic N) is 2. The van der Waals surface area contributed by atoms with Crippen LogP contribution in [0.1, 0.15) is 5.56 Å². The molecule has 1 saturated heterocycles. The molecule has 23 heavy (non-hydrogen) atoms. The van der Waals surface area contributed by atoms with Crippen molar-refractivity contribution in [3.63, 3.8) is 0 Å². The summed E-state index contributed by atoms with van der Waals surface area (Å²) in [6, 6.07) is 1.14. The van der Waals surface area contributed by atoms with Gasteiger partial charge in [-0.15, -0.1) is 5.10 Å². The topological polar surface area (TPSA) is 80.1 Å². The van der Waals surface area contributed by atoms with Crippen LogP contribution in [-0.4, -0.2) is 30.4 Å². The van der Waals surface area contributed by atoms with Crippen molar-refractivity contribution >= 4 is 35.0 Å². The maximum absolute atomic E-state index is 13.4. The lowest BCUT2D eigenvalue weighted by molar-refractivity contribution is -0.135. The number of benzene rings is 1. The molecule has 0 saturated carbocycles. The molecule has 0 aliphatic carbocycles. The third-order valence-corrected chi connectivity index (χ3v) is 3.37. The summed E-state index contributed by atoms with van der Waals surface area (Å²) in [5.41, 5.74) is -0.438. The number of nitrogens with one attached hydrogen (secondary N) is 1. The molecular formula is C13H8F3N3O3S. The van der Waals surface area contributed by atoms with Crippen LogP contribution in [0.2, 0.25) is 0 Å². The molecule has 0 aromatic heterocycles. The van der Waals surface area contributed by atoms with E-state index in [-0.39, 0.29) is 10.1 Å². The first kappa shape index (κ1) is 16.7. The summed E-state index contributed by atoms with van der Waals surface area (Å²) >= 11 is 0.802. The van der Waals surface area contributed by atoms with Crippen LogP contribution >= 0.6 is 11.8 Å². The van der Waals surface area contributed by atoms with Gasteiger partial charge in [-0.25, -0.2) is 18.0 Å². The molecule has 1 heterocycles. The Morgan fingerprint density at radius 1 is 1.35 bits per heavy atom. The summed E-state index contributed by atoms with van der Waals surface area (Å²) < 4.78 is 43.7. The van der Waals surface area contributed by atoms with E-state index in [0.717, 1.165) is 37.2 Å². The second-order valence-electron chi connectivity index (χ2n) is 4.03. The molecule has 1 aliphatic rings. The standard InChI is InChI=1S/C13H8F3N3O3S/c1-22-10(20)4-9-12(21)18-13(23-9)19-17-5-6-2-7(14)3-8(15)11(6)16/h2-5H,1H3,(H,18,19,21)/b9-4+,17-5?. The molecule has 1 amide bonds. The van der Waals surface area contributed by atoms with Crippen molar-refractivity contribution in [2.24, 2.45) is 10.2 Å². The molecule has 1 N–H and O–H groups in total. The molecule has 6 nitrogen and oxygen atoms in total. The summed E-state index contributed by atoms with van der Waals surface area (Å²) in [6.07, 6.45) is 1.76. The second-order valence-corrected chi connectivity index (χ2v) is 5.06. The van der Waals surface area contributed by atoms with Crippen LogP contribution in [-0.2, 0) is 14.3 Å². The zero-order valence-corrected chi connectivity index (χ0v) is 12.3. The number of amides is 1. The van der Waals surface area contributed by atoms with Crippen molar-refractivity contribution in [1.29, 1.82) is 0 Å². The highest BCUT2D eigenvalue weighted by Gasteiger charge is 2.25. The molecule has 2 rings (SSSR count). The first-order chi connectivity index (χ1) is 10.9. The SMILES string of the molecule is COC(=O)/C=C1/S/C(=N\N=Cc2cc(F)cc(F)c2F)NC1=O. The smallest absolute Gasteiger partial charge is 0.331 e. The molecule has 1 fully saturated rings. The Morgan fingerprint density at radius 3 is 2.78 bits per heavy atom. The van der Waals surface area contributed by atoms with Gasteiger partial charge in [0.15, 0.2) is 16.8 Å². The van der Waals surface area contributed by atoms with Crippen molar-refractivity contribution in [3.05, 3.63) is 46.1 Å². The average molecular weight is 343 g/mol. The highest BCUT2D eigenvalue weighted by Crippen LogP contribution is 2.23. The number of amidine groups is 1. The van der Waals surface area contributed by atoms with Crippen LogP contribution in [0, 0.1) is 17.5 Å². The lowest BCUT2D eigenvalue weighted by atomic mass is 10.2. The van der Waals surface area contributed by atoms with E-state index in [9.17, 15) is 22.8 Å². The number of ether oxygens (including phenoxy) is 1. The summed E-state index contributed by atoms with van der Waals surface area (Å²) in [7, 11) is 1.16. The number of carbonyl (C=O) groups excluding carboxylic acids is 2. The average Bonchev–Trinajstić information content (AvgIpc) is 2.84. The summed E-state index contributed by atoms with van der Waals surface area (Å²) in [4.78, 5) is 22.6. The molecule has 1 aliphatic heterocycles. The first-order valence-electron chi connectivity index (χ1n) is 5.95. The van der Waals surface area contributed by atoms with E-state index < -0.39 is 34.9 Å². The maximum atomic E-state index is 13.4. The summed E-state index contributed by atoms with van der Waals surface area (Å²) in [6.45, 7) is 0. The number of rotatable bonds is 3. The first-order valence-corrected chi connectivity index (χ1v) is 6.76. The number of thioether (sulfide) groups is 1. The zero-order valence-electron chi connectivity index (χ0n) is 11.5. The summed E-state index contributed by atoms with van der Waals surface area (Å²) in [5.74, 6) is -4.90. The van der Waals surface area contributed by atoms with E-state index in [1.165, 1.54) is 0 Å². The minimum Gasteiger partial charge on any atom is -0.466 e. The predicted octanol–water partition coefficient (Wildman–Crippen LogP) is 1.71. The number of halogens is 3. The fourth-order valence-corrected chi connectivity index (χ4v) is 2.19. The molecule has 1 aromatic rings. The van der Waals surface area contributed by atoms with Gasteiger partial charge in [0.1, 0.15) is 5.82 Å². The van der Waals surface area contributed by atoms with Crippen LogP contribution < -0.4 is 5.32 Å². The third-order valence-electron chi connectivity index (χ3n) is 2.47. The molecule has 120 valence electrons. The highest BCUT2D eigenvalue weighted by atomic mass is 32.2. The largest absolute Gasteiger partial charge is 0.466 e. The van der Waals surface area contributed by atoms with Crippen LogP contribution in [0.4, 0.5) is 13.2 Å². The van der Waals surface area contributed by atoms with E-state index in [0.29, 0.717) is 6.07 Å². The van der Waals surface area contributed by atoms with Gasteiger partial charge in [-0.2, -0.15) is 5.10 Å². The van der Waals surface area contributed by atoms with Crippen molar-refractivity contribution in [2.45, 2.75) is 0 Å². The fraction of sp³-hybridized carbons (Fsp3) is 0.0769. The Labute approximate surface area is 132 Å². The maximum Gasteiger partial charge on any atom is 0.331 e. The number of hydrogen-bond acceptors (Lipinski definition) is 6. The van der Waals surface area contributed by atoms with Crippen molar-refractivity contribution in [3.8, 4) is 0 Å². The monoisotopic (exact) mass is 343 g/mol. The molecule has 0 atom stereocenters. The van der Waals surface area contributed by atoms with Gasteiger partial charge in [-0.1, -0.05) is 0 Å². The summed E-state index contributed by atoms with van der Waals surface area (Å²) in [5, 5.41) is 9.32. The quantitative estimate of drug-likeness (QED) is 0.298. The van der Waals surface area contributed by atoms with Gasteiger partial charge in [0, 0.05) is 17.7 Å².